The molecule has 88 valence electrons. The summed E-state index contributed by atoms with van der Waals surface area (Å²) in [5, 5.41) is 16.5. The standard InChI is InChI=1S/C11H12N4O2/c12-5-10-7-15(14-13-10)6-8-1-3-9(4-2-8)11(16)17/h1-4,7H,5-6,12H2,(H,16,17). The molecule has 0 saturated carbocycles. The summed E-state index contributed by atoms with van der Waals surface area (Å²) < 4.78 is 1.66. The molecule has 1 aromatic heterocycles. The molecule has 3 N–H and O–H groups in total. The molecule has 1 heterocycles. The van der Waals surface area contributed by atoms with E-state index in [-0.39, 0.29) is 5.56 Å². The highest BCUT2D eigenvalue weighted by Gasteiger charge is 2.03. The first-order chi connectivity index (χ1) is 8.19. The number of benzene rings is 1. The Morgan fingerprint density at radius 1 is 1.35 bits per heavy atom. The lowest BCUT2D eigenvalue weighted by Crippen LogP contribution is -2.02. The number of aromatic nitrogens is 3. The number of rotatable bonds is 4. The fraction of sp³-hybridized carbons (Fsp3) is 0.182. The average molecular weight is 232 g/mol. The van der Waals surface area contributed by atoms with Crippen LogP contribution in [0.15, 0.2) is 30.5 Å². The Labute approximate surface area is 97.7 Å². The van der Waals surface area contributed by atoms with E-state index in [1.54, 1.807) is 35.1 Å². The van der Waals surface area contributed by atoms with Gasteiger partial charge in [-0.05, 0) is 17.7 Å². The zero-order valence-corrected chi connectivity index (χ0v) is 9.08. The predicted molar refractivity (Wildman–Crippen MR) is 60.4 cm³/mol. The number of hydrogen-bond donors (Lipinski definition) is 2. The van der Waals surface area contributed by atoms with Crippen molar-refractivity contribution in [2.24, 2.45) is 5.73 Å². The van der Waals surface area contributed by atoms with Crippen LogP contribution in [-0.2, 0) is 13.1 Å². The van der Waals surface area contributed by atoms with Crippen molar-refractivity contribution in [3.05, 3.63) is 47.3 Å². The van der Waals surface area contributed by atoms with E-state index in [1.165, 1.54) is 0 Å². The summed E-state index contributed by atoms with van der Waals surface area (Å²) in [5.41, 5.74) is 7.39. The largest absolute Gasteiger partial charge is 0.478 e. The molecular weight excluding hydrogens is 220 g/mol. The maximum atomic E-state index is 10.7. The lowest BCUT2D eigenvalue weighted by Gasteiger charge is -2.01. The van der Waals surface area contributed by atoms with Crippen molar-refractivity contribution in [1.82, 2.24) is 15.0 Å². The normalized spacial score (nSPS) is 10.4. The first-order valence-corrected chi connectivity index (χ1v) is 5.10. The second-order valence-corrected chi connectivity index (χ2v) is 3.61. The van der Waals surface area contributed by atoms with Gasteiger partial charge in [-0.15, -0.1) is 5.10 Å². The van der Waals surface area contributed by atoms with E-state index in [1.807, 2.05) is 0 Å². The minimum atomic E-state index is -0.928. The zero-order valence-electron chi connectivity index (χ0n) is 9.08. The highest BCUT2D eigenvalue weighted by atomic mass is 16.4. The Balaban J connectivity index is 2.10. The monoisotopic (exact) mass is 232 g/mol. The molecule has 0 aliphatic heterocycles. The summed E-state index contributed by atoms with van der Waals surface area (Å²) in [5.74, 6) is -0.928. The molecule has 1 aromatic carbocycles. The first kappa shape index (κ1) is 11.3. The van der Waals surface area contributed by atoms with E-state index >= 15 is 0 Å². The molecule has 0 aliphatic carbocycles. The van der Waals surface area contributed by atoms with E-state index in [9.17, 15) is 4.79 Å². The molecule has 6 heteroatoms. The van der Waals surface area contributed by atoms with Gasteiger partial charge in [-0.2, -0.15) is 0 Å². The fourth-order valence-electron chi connectivity index (χ4n) is 1.45. The summed E-state index contributed by atoms with van der Waals surface area (Å²) in [6, 6.07) is 6.65. The average Bonchev–Trinajstić information content (AvgIpc) is 2.77. The minimum Gasteiger partial charge on any atom is -0.478 e. The van der Waals surface area contributed by atoms with Gasteiger partial charge in [0.25, 0.3) is 0 Å². The fourth-order valence-corrected chi connectivity index (χ4v) is 1.45. The summed E-state index contributed by atoms with van der Waals surface area (Å²) in [4.78, 5) is 10.7. The Hall–Kier alpha value is -2.21. The number of carbonyl (C=O) groups is 1. The van der Waals surface area contributed by atoms with E-state index < -0.39 is 5.97 Å². The van der Waals surface area contributed by atoms with Gasteiger partial charge in [0.2, 0.25) is 0 Å². The van der Waals surface area contributed by atoms with Crippen molar-refractivity contribution in [2.45, 2.75) is 13.1 Å². The lowest BCUT2D eigenvalue weighted by molar-refractivity contribution is 0.0697. The predicted octanol–water partition coefficient (Wildman–Crippen LogP) is 0.483. The van der Waals surface area contributed by atoms with E-state index in [4.69, 9.17) is 10.8 Å². The molecule has 0 atom stereocenters. The van der Waals surface area contributed by atoms with Crippen LogP contribution in [0, 0.1) is 0 Å². The van der Waals surface area contributed by atoms with Gasteiger partial charge in [0.15, 0.2) is 0 Å². The highest BCUT2D eigenvalue weighted by Crippen LogP contribution is 2.06. The second kappa shape index (κ2) is 4.75. The molecule has 0 unspecified atom stereocenters. The van der Waals surface area contributed by atoms with E-state index in [2.05, 4.69) is 10.3 Å². The van der Waals surface area contributed by atoms with Crippen molar-refractivity contribution in [1.29, 1.82) is 0 Å². The van der Waals surface area contributed by atoms with Crippen LogP contribution in [0.4, 0.5) is 0 Å². The molecule has 6 nitrogen and oxygen atoms in total. The number of carboxylic acids is 1. The van der Waals surface area contributed by atoms with Crippen LogP contribution in [0.2, 0.25) is 0 Å². The molecule has 0 spiro atoms. The highest BCUT2D eigenvalue weighted by molar-refractivity contribution is 5.87. The van der Waals surface area contributed by atoms with Gasteiger partial charge in [0, 0.05) is 6.54 Å². The van der Waals surface area contributed by atoms with Gasteiger partial charge in [-0.25, -0.2) is 9.48 Å². The van der Waals surface area contributed by atoms with Gasteiger partial charge in [-0.3, -0.25) is 0 Å². The molecule has 0 saturated heterocycles. The summed E-state index contributed by atoms with van der Waals surface area (Å²) >= 11 is 0. The molecule has 0 amide bonds. The third-order valence-electron chi connectivity index (χ3n) is 2.34. The number of carboxylic acid groups (broad SMARTS) is 1. The molecule has 2 rings (SSSR count). The third kappa shape index (κ3) is 2.67. The second-order valence-electron chi connectivity index (χ2n) is 3.61. The number of hydrogen-bond acceptors (Lipinski definition) is 4. The number of nitrogens with two attached hydrogens (primary N) is 1. The summed E-state index contributed by atoms with van der Waals surface area (Å²) in [6.45, 7) is 0.908. The SMILES string of the molecule is NCc1cn(Cc2ccc(C(=O)O)cc2)nn1. The van der Waals surface area contributed by atoms with Gasteiger partial charge in [0.1, 0.15) is 0 Å². The Morgan fingerprint density at radius 2 is 2.06 bits per heavy atom. The van der Waals surface area contributed by atoms with Crippen LogP contribution in [0.25, 0.3) is 0 Å². The Kier molecular flexibility index (Phi) is 3.15. The maximum Gasteiger partial charge on any atom is 0.335 e. The molecule has 0 bridgehead atoms. The molecule has 17 heavy (non-hydrogen) atoms. The number of aromatic carboxylic acids is 1. The Bertz CT molecular complexity index is 519. The summed E-state index contributed by atoms with van der Waals surface area (Å²) in [6.07, 6.45) is 1.77. The molecular formula is C11H12N4O2. The van der Waals surface area contributed by atoms with Crippen LogP contribution in [0.1, 0.15) is 21.6 Å². The van der Waals surface area contributed by atoms with Crippen molar-refractivity contribution < 1.29 is 9.90 Å². The van der Waals surface area contributed by atoms with Crippen LogP contribution >= 0.6 is 0 Å². The van der Waals surface area contributed by atoms with Crippen molar-refractivity contribution in [3.8, 4) is 0 Å². The van der Waals surface area contributed by atoms with Crippen LogP contribution in [0.3, 0.4) is 0 Å². The lowest BCUT2D eigenvalue weighted by atomic mass is 10.1. The maximum absolute atomic E-state index is 10.7. The topological polar surface area (TPSA) is 94.0 Å². The molecule has 0 fully saturated rings. The molecule has 0 aliphatic rings. The van der Waals surface area contributed by atoms with E-state index in [0.717, 1.165) is 11.3 Å². The first-order valence-electron chi connectivity index (χ1n) is 5.10. The van der Waals surface area contributed by atoms with Crippen molar-refractivity contribution >= 4 is 5.97 Å². The van der Waals surface area contributed by atoms with E-state index in [0.29, 0.717) is 13.1 Å². The van der Waals surface area contributed by atoms with Gasteiger partial charge in [-0.1, -0.05) is 17.3 Å². The smallest absolute Gasteiger partial charge is 0.335 e. The van der Waals surface area contributed by atoms with Crippen LogP contribution in [-0.4, -0.2) is 26.1 Å². The van der Waals surface area contributed by atoms with Crippen LogP contribution in [0.5, 0.6) is 0 Å². The third-order valence-corrected chi connectivity index (χ3v) is 2.34. The quantitative estimate of drug-likeness (QED) is 0.799. The van der Waals surface area contributed by atoms with Crippen molar-refractivity contribution in [2.75, 3.05) is 0 Å². The molecule has 0 radical (unpaired) electrons. The minimum absolute atomic E-state index is 0.273. The van der Waals surface area contributed by atoms with Gasteiger partial charge >= 0.3 is 5.97 Å². The summed E-state index contributed by atoms with van der Waals surface area (Å²) in [7, 11) is 0. The Morgan fingerprint density at radius 3 is 2.59 bits per heavy atom. The van der Waals surface area contributed by atoms with Crippen LogP contribution < -0.4 is 5.73 Å². The zero-order chi connectivity index (χ0) is 12.3. The van der Waals surface area contributed by atoms with Crippen molar-refractivity contribution in [3.63, 3.8) is 0 Å². The molecule has 2 aromatic rings. The number of nitrogens with zero attached hydrogens (tertiary/aromatic N) is 3. The van der Waals surface area contributed by atoms with Gasteiger partial charge in [0.05, 0.1) is 24.0 Å². The van der Waals surface area contributed by atoms with Gasteiger partial charge < -0.3 is 10.8 Å².